The van der Waals surface area contributed by atoms with E-state index in [0.29, 0.717) is 11.5 Å². The second-order valence-corrected chi connectivity index (χ2v) is 4.59. The smallest absolute Gasteiger partial charge is 0.550 e. The molecule has 0 aromatic heterocycles. The molecule has 0 aromatic rings. The third kappa shape index (κ3) is 18.6. The predicted molar refractivity (Wildman–Crippen MR) is 44.2 cm³/mol. The zero-order valence-corrected chi connectivity index (χ0v) is 9.91. The van der Waals surface area contributed by atoms with Crippen LogP contribution in [0.5, 0.6) is 0 Å². The quantitative estimate of drug-likeness (QED) is 0.242. The number of carbonyl (C=O) groups is 2. The van der Waals surface area contributed by atoms with Crippen molar-refractivity contribution in [2.24, 2.45) is 0 Å². The SMILES string of the molecule is O=C([O-])CCSSCCC(=O)[O-].[Li+].[Li+]. The molecule has 0 amide bonds. The minimum Gasteiger partial charge on any atom is -0.550 e. The third-order valence-corrected chi connectivity index (χ3v) is 3.27. The average Bonchev–Trinajstić information content (AvgIpc) is 1.95. The van der Waals surface area contributed by atoms with E-state index in [1.807, 2.05) is 0 Å². The maximum absolute atomic E-state index is 9.90. The number of hydrogen-bond donors (Lipinski definition) is 0. The summed E-state index contributed by atoms with van der Waals surface area (Å²) < 4.78 is 0. The number of carboxylic acids is 2. The molecule has 0 radical (unpaired) electrons. The van der Waals surface area contributed by atoms with Gasteiger partial charge in [-0.15, -0.1) is 0 Å². The van der Waals surface area contributed by atoms with Crippen molar-refractivity contribution >= 4 is 33.5 Å². The van der Waals surface area contributed by atoms with Gasteiger partial charge in [0.15, 0.2) is 0 Å². The molecule has 0 aliphatic rings. The van der Waals surface area contributed by atoms with Gasteiger partial charge in [0.05, 0.1) is 0 Å². The summed E-state index contributed by atoms with van der Waals surface area (Å²) in [7, 11) is 2.66. The normalized spacial score (nSPS) is 8.29. The van der Waals surface area contributed by atoms with Crippen molar-refractivity contribution in [2.75, 3.05) is 11.5 Å². The Balaban J connectivity index is -0.000000605. The van der Waals surface area contributed by atoms with Gasteiger partial charge in [-0.2, -0.15) is 0 Å². The van der Waals surface area contributed by atoms with Crippen molar-refractivity contribution in [3.05, 3.63) is 0 Å². The van der Waals surface area contributed by atoms with E-state index in [-0.39, 0.29) is 50.6 Å². The topological polar surface area (TPSA) is 80.3 Å². The molecular weight excluding hydrogens is 214 g/mol. The van der Waals surface area contributed by atoms with Crippen LogP contribution in [0.25, 0.3) is 0 Å². The first-order chi connectivity index (χ1) is 5.63. The van der Waals surface area contributed by atoms with E-state index in [1.165, 1.54) is 21.6 Å². The van der Waals surface area contributed by atoms with Gasteiger partial charge in [0, 0.05) is 23.4 Å². The Labute approximate surface area is 115 Å². The van der Waals surface area contributed by atoms with Crippen LogP contribution in [0.2, 0.25) is 0 Å². The van der Waals surface area contributed by atoms with Crippen LogP contribution in [0, 0.1) is 0 Å². The fourth-order valence-corrected chi connectivity index (χ4v) is 2.31. The van der Waals surface area contributed by atoms with Crippen LogP contribution in [0.3, 0.4) is 0 Å². The van der Waals surface area contributed by atoms with Gasteiger partial charge in [-0.3, -0.25) is 0 Å². The molecule has 0 bridgehead atoms. The molecule has 0 aliphatic carbocycles. The molecule has 8 heteroatoms. The second-order valence-electron chi connectivity index (χ2n) is 1.89. The van der Waals surface area contributed by atoms with E-state index < -0.39 is 11.9 Å². The van der Waals surface area contributed by atoms with Crippen LogP contribution < -0.4 is 47.9 Å². The minimum absolute atomic E-state index is 0. The molecule has 0 saturated carbocycles. The van der Waals surface area contributed by atoms with Gasteiger partial charge < -0.3 is 19.8 Å². The summed E-state index contributed by atoms with van der Waals surface area (Å²) >= 11 is 0. The fraction of sp³-hybridized carbons (Fsp3) is 0.667. The van der Waals surface area contributed by atoms with Gasteiger partial charge in [0.2, 0.25) is 0 Å². The summed E-state index contributed by atoms with van der Waals surface area (Å²) in [6, 6.07) is 0. The summed E-state index contributed by atoms with van der Waals surface area (Å²) in [6.07, 6.45) is 0.00593. The molecular formula is C6H8Li2O4S2. The molecule has 0 heterocycles. The molecule has 0 N–H and O–H groups in total. The zero-order chi connectivity index (χ0) is 9.40. The maximum atomic E-state index is 9.90. The third-order valence-electron chi connectivity index (χ3n) is 0.862. The van der Waals surface area contributed by atoms with Gasteiger partial charge >= 0.3 is 37.7 Å². The van der Waals surface area contributed by atoms with E-state index in [4.69, 9.17) is 0 Å². The van der Waals surface area contributed by atoms with E-state index in [1.54, 1.807) is 0 Å². The van der Waals surface area contributed by atoms with E-state index in [0.717, 1.165) is 0 Å². The summed E-state index contributed by atoms with van der Waals surface area (Å²) in [5, 5.41) is 19.8. The molecule has 0 rings (SSSR count). The van der Waals surface area contributed by atoms with Crippen LogP contribution in [-0.2, 0) is 9.59 Å². The number of carboxylic acid groups (broad SMARTS) is 2. The van der Waals surface area contributed by atoms with Crippen molar-refractivity contribution in [2.45, 2.75) is 12.8 Å². The summed E-state index contributed by atoms with van der Waals surface area (Å²) in [5.41, 5.74) is 0. The Morgan fingerprint density at radius 3 is 1.36 bits per heavy atom. The van der Waals surface area contributed by atoms with Gasteiger partial charge in [-0.05, 0) is 12.8 Å². The van der Waals surface area contributed by atoms with Crippen LogP contribution in [0.4, 0.5) is 0 Å². The molecule has 0 aromatic carbocycles. The first kappa shape index (κ1) is 20.3. The zero-order valence-electron chi connectivity index (χ0n) is 8.28. The van der Waals surface area contributed by atoms with Crippen molar-refractivity contribution in [3.63, 3.8) is 0 Å². The molecule has 0 aliphatic heterocycles. The van der Waals surface area contributed by atoms with Crippen LogP contribution in [-0.4, -0.2) is 23.4 Å². The van der Waals surface area contributed by atoms with Gasteiger partial charge in [0.1, 0.15) is 0 Å². The van der Waals surface area contributed by atoms with Crippen molar-refractivity contribution in [3.8, 4) is 0 Å². The van der Waals surface area contributed by atoms with Crippen LogP contribution in [0.15, 0.2) is 0 Å². The fourth-order valence-electron chi connectivity index (χ4n) is 0.368. The van der Waals surface area contributed by atoms with Gasteiger partial charge in [0.25, 0.3) is 0 Å². The molecule has 0 fully saturated rings. The Morgan fingerprint density at radius 1 is 0.857 bits per heavy atom. The van der Waals surface area contributed by atoms with Crippen molar-refractivity contribution < 1.29 is 57.5 Å². The Bertz CT molecular complexity index is 150. The first-order valence-corrected chi connectivity index (χ1v) is 5.76. The Hall–Kier alpha value is 0.835. The standard InChI is InChI=1S/C6H10O4S2.2Li/c7-5(8)1-3-11-12-4-2-6(9)10;;/h1-4H2,(H,7,8)(H,9,10);;/q;2*+1/p-2. The second kappa shape index (κ2) is 13.8. The molecule has 0 unspecified atom stereocenters. The molecule has 0 saturated heterocycles. The number of hydrogen-bond acceptors (Lipinski definition) is 6. The average molecular weight is 222 g/mol. The number of aliphatic carboxylic acids is 2. The summed E-state index contributed by atoms with van der Waals surface area (Å²) in [5.74, 6) is -1.27. The Morgan fingerprint density at radius 2 is 1.14 bits per heavy atom. The predicted octanol–water partition coefficient (Wildman–Crippen LogP) is -7.34. The summed E-state index contributed by atoms with van der Waals surface area (Å²) in [6.45, 7) is 0. The van der Waals surface area contributed by atoms with Gasteiger partial charge in [-0.25, -0.2) is 0 Å². The monoisotopic (exact) mass is 222 g/mol. The van der Waals surface area contributed by atoms with Crippen molar-refractivity contribution in [1.29, 1.82) is 0 Å². The van der Waals surface area contributed by atoms with Crippen molar-refractivity contribution in [1.82, 2.24) is 0 Å². The Kier molecular flexibility index (Phi) is 20.0. The van der Waals surface area contributed by atoms with Crippen LogP contribution in [0.1, 0.15) is 12.8 Å². The molecule has 0 spiro atoms. The summed E-state index contributed by atoms with van der Waals surface area (Å²) in [4.78, 5) is 19.8. The van der Waals surface area contributed by atoms with E-state index >= 15 is 0 Å². The molecule has 70 valence electrons. The van der Waals surface area contributed by atoms with Gasteiger partial charge in [-0.1, -0.05) is 21.6 Å². The van der Waals surface area contributed by atoms with E-state index in [2.05, 4.69) is 0 Å². The molecule has 0 atom stereocenters. The number of rotatable bonds is 7. The van der Waals surface area contributed by atoms with E-state index in [9.17, 15) is 19.8 Å². The number of carbonyl (C=O) groups excluding carboxylic acids is 2. The first-order valence-electron chi connectivity index (χ1n) is 3.27. The maximum Gasteiger partial charge on any atom is 1.00 e. The molecule has 14 heavy (non-hydrogen) atoms. The molecule has 4 nitrogen and oxygen atoms in total. The minimum atomic E-state index is -1.08. The largest absolute Gasteiger partial charge is 1.00 e. The van der Waals surface area contributed by atoms with Crippen LogP contribution >= 0.6 is 21.6 Å².